The molecule has 1 aliphatic rings. The second-order valence-electron chi connectivity index (χ2n) is 7.79. The number of nitrogens with zero attached hydrogens (tertiary/aromatic N) is 2. The number of rotatable bonds is 8. The van der Waals surface area contributed by atoms with E-state index in [0.29, 0.717) is 12.6 Å². The minimum atomic E-state index is 0.0428. The largest absolute Gasteiger partial charge is 0.396 e. The summed E-state index contributed by atoms with van der Waals surface area (Å²) >= 11 is 0. The van der Waals surface area contributed by atoms with Gasteiger partial charge in [0.2, 0.25) is 0 Å². The van der Waals surface area contributed by atoms with Crippen LogP contribution in [0.4, 0.5) is 0 Å². The lowest BCUT2D eigenvalue weighted by atomic mass is 10.0. The van der Waals surface area contributed by atoms with Crippen LogP contribution >= 0.6 is 0 Å². The smallest absolute Gasteiger partial charge is 0.191 e. The highest BCUT2D eigenvalue weighted by Crippen LogP contribution is 2.25. The fraction of sp³-hybridized carbons (Fsp3) is 0.458. The van der Waals surface area contributed by atoms with Crippen LogP contribution < -0.4 is 10.6 Å². The van der Waals surface area contributed by atoms with E-state index in [1.807, 2.05) is 18.2 Å². The van der Waals surface area contributed by atoms with Crippen molar-refractivity contribution >= 4 is 5.96 Å². The molecular formula is C24H34N4O. The van der Waals surface area contributed by atoms with Crippen LogP contribution in [-0.4, -0.2) is 55.8 Å². The zero-order valence-corrected chi connectivity index (χ0v) is 17.6. The summed E-state index contributed by atoms with van der Waals surface area (Å²) in [7, 11) is 1.79. The molecule has 2 atom stereocenters. The zero-order valence-electron chi connectivity index (χ0n) is 17.6. The van der Waals surface area contributed by atoms with Crippen LogP contribution in [0.25, 0.3) is 0 Å². The molecule has 2 unspecified atom stereocenters. The summed E-state index contributed by atoms with van der Waals surface area (Å²) in [6, 6.07) is 19.3. The highest BCUT2D eigenvalue weighted by atomic mass is 16.3. The van der Waals surface area contributed by atoms with E-state index in [2.05, 4.69) is 63.8 Å². The van der Waals surface area contributed by atoms with Crippen molar-refractivity contribution in [3.63, 3.8) is 0 Å². The van der Waals surface area contributed by atoms with Crippen LogP contribution in [0, 0.1) is 6.92 Å². The molecule has 0 saturated carbocycles. The number of aliphatic hydroxyl groups excluding tert-OH is 1. The molecule has 0 aliphatic carbocycles. The number of aliphatic hydroxyl groups is 1. The van der Waals surface area contributed by atoms with Gasteiger partial charge in [-0.2, -0.15) is 0 Å². The van der Waals surface area contributed by atoms with E-state index in [9.17, 15) is 5.11 Å². The molecule has 0 amide bonds. The first-order valence-corrected chi connectivity index (χ1v) is 10.6. The van der Waals surface area contributed by atoms with Crippen molar-refractivity contribution in [1.82, 2.24) is 15.5 Å². The Morgan fingerprint density at radius 3 is 2.24 bits per heavy atom. The van der Waals surface area contributed by atoms with Crippen LogP contribution in [0.3, 0.4) is 0 Å². The Morgan fingerprint density at radius 2 is 1.62 bits per heavy atom. The molecule has 1 heterocycles. The molecular weight excluding hydrogens is 360 g/mol. The van der Waals surface area contributed by atoms with E-state index in [1.165, 1.54) is 24.0 Å². The predicted molar refractivity (Wildman–Crippen MR) is 120 cm³/mol. The van der Waals surface area contributed by atoms with Gasteiger partial charge in [-0.15, -0.1) is 0 Å². The van der Waals surface area contributed by atoms with Crippen LogP contribution in [0.2, 0.25) is 0 Å². The van der Waals surface area contributed by atoms with Gasteiger partial charge in [0, 0.05) is 26.1 Å². The number of hydrogen-bond donors (Lipinski definition) is 3. The number of aliphatic imine (C=N–C) groups is 1. The van der Waals surface area contributed by atoms with Gasteiger partial charge in [0.15, 0.2) is 5.96 Å². The van der Waals surface area contributed by atoms with Crippen molar-refractivity contribution in [3.8, 4) is 0 Å². The average molecular weight is 395 g/mol. The van der Waals surface area contributed by atoms with E-state index < -0.39 is 0 Å². The summed E-state index contributed by atoms with van der Waals surface area (Å²) in [6.07, 6.45) is 2.54. The van der Waals surface area contributed by atoms with E-state index in [1.54, 1.807) is 7.05 Å². The van der Waals surface area contributed by atoms with Crippen molar-refractivity contribution in [2.45, 2.75) is 31.7 Å². The number of guanidine groups is 1. The molecule has 2 aromatic rings. The Bertz CT molecular complexity index is 754. The fourth-order valence-electron chi connectivity index (χ4n) is 3.95. The topological polar surface area (TPSA) is 59.9 Å². The first-order chi connectivity index (χ1) is 14.2. The normalized spacial score (nSPS) is 17.1. The molecule has 1 fully saturated rings. The van der Waals surface area contributed by atoms with E-state index >= 15 is 0 Å². The van der Waals surface area contributed by atoms with Crippen LogP contribution in [0.15, 0.2) is 59.6 Å². The minimum absolute atomic E-state index is 0.0428. The van der Waals surface area contributed by atoms with E-state index in [4.69, 9.17) is 0 Å². The minimum Gasteiger partial charge on any atom is -0.396 e. The second-order valence-corrected chi connectivity index (χ2v) is 7.79. The van der Waals surface area contributed by atoms with E-state index in [-0.39, 0.29) is 12.5 Å². The number of aryl methyl sites for hydroxylation is 1. The number of likely N-dealkylation sites (tertiary alicyclic amines) is 1. The molecule has 1 saturated heterocycles. The van der Waals surface area contributed by atoms with Gasteiger partial charge in [-0.25, -0.2) is 0 Å². The lowest BCUT2D eigenvalue weighted by Crippen LogP contribution is -2.44. The van der Waals surface area contributed by atoms with Crippen molar-refractivity contribution in [2.24, 2.45) is 4.99 Å². The van der Waals surface area contributed by atoms with Gasteiger partial charge in [0.1, 0.15) is 0 Å². The Hall–Kier alpha value is -2.37. The van der Waals surface area contributed by atoms with Gasteiger partial charge in [0.25, 0.3) is 0 Å². The van der Waals surface area contributed by atoms with Crippen LogP contribution in [0.1, 0.15) is 41.5 Å². The number of benzene rings is 2. The molecule has 29 heavy (non-hydrogen) atoms. The lowest BCUT2D eigenvalue weighted by molar-refractivity contribution is 0.245. The maximum absolute atomic E-state index is 9.79. The van der Waals surface area contributed by atoms with Crippen molar-refractivity contribution in [2.75, 3.05) is 39.8 Å². The first kappa shape index (κ1) is 21.3. The van der Waals surface area contributed by atoms with Gasteiger partial charge < -0.3 is 15.7 Å². The Morgan fingerprint density at radius 1 is 0.966 bits per heavy atom. The summed E-state index contributed by atoms with van der Waals surface area (Å²) in [4.78, 5) is 6.95. The van der Waals surface area contributed by atoms with Gasteiger partial charge >= 0.3 is 0 Å². The van der Waals surface area contributed by atoms with Crippen LogP contribution in [-0.2, 0) is 0 Å². The first-order valence-electron chi connectivity index (χ1n) is 10.6. The molecule has 0 spiro atoms. The third-order valence-corrected chi connectivity index (χ3v) is 5.74. The van der Waals surface area contributed by atoms with Crippen molar-refractivity contribution < 1.29 is 5.11 Å². The molecule has 3 N–H and O–H groups in total. The monoisotopic (exact) mass is 394 g/mol. The molecule has 0 aromatic heterocycles. The average Bonchev–Trinajstić information content (AvgIpc) is 3.29. The molecule has 5 heteroatoms. The Kier molecular flexibility index (Phi) is 8.08. The number of nitrogens with one attached hydrogen (secondary N) is 2. The summed E-state index contributed by atoms with van der Waals surface area (Å²) in [5, 5.41) is 16.7. The van der Waals surface area contributed by atoms with Gasteiger partial charge in [-0.1, -0.05) is 60.2 Å². The van der Waals surface area contributed by atoms with Crippen LogP contribution in [0.5, 0.6) is 0 Å². The van der Waals surface area contributed by atoms with Gasteiger partial charge in [0.05, 0.1) is 12.6 Å². The third kappa shape index (κ3) is 6.05. The zero-order chi connectivity index (χ0) is 20.5. The highest BCUT2D eigenvalue weighted by molar-refractivity contribution is 5.79. The SMILES string of the molecule is CN=C(NCC(CO)c1ccccc1)NCC(c1ccc(C)cc1)N1CCCC1. The molecule has 0 radical (unpaired) electrons. The molecule has 3 rings (SSSR count). The standard InChI is InChI=1S/C24H34N4O/c1-19-10-12-21(13-11-19)23(28-14-6-7-15-28)17-27-24(25-2)26-16-22(18-29)20-8-4-3-5-9-20/h3-5,8-13,22-23,29H,6-7,14-18H2,1-2H3,(H2,25,26,27). The van der Waals surface area contributed by atoms with E-state index in [0.717, 1.165) is 31.2 Å². The summed E-state index contributed by atoms with van der Waals surface area (Å²) < 4.78 is 0. The highest BCUT2D eigenvalue weighted by Gasteiger charge is 2.23. The summed E-state index contributed by atoms with van der Waals surface area (Å²) in [6.45, 7) is 5.97. The van der Waals surface area contributed by atoms with Gasteiger partial charge in [-0.05, 0) is 44.0 Å². The quantitative estimate of drug-likeness (QED) is 0.476. The van der Waals surface area contributed by atoms with Crippen molar-refractivity contribution in [3.05, 3.63) is 71.3 Å². The summed E-state index contributed by atoms with van der Waals surface area (Å²) in [5.41, 5.74) is 3.76. The lowest BCUT2D eigenvalue weighted by Gasteiger charge is -2.29. The Labute approximate surface area is 174 Å². The second kappa shape index (κ2) is 11.0. The molecule has 2 aromatic carbocycles. The molecule has 156 valence electrons. The van der Waals surface area contributed by atoms with Crippen molar-refractivity contribution in [1.29, 1.82) is 0 Å². The maximum Gasteiger partial charge on any atom is 0.191 e. The molecule has 0 bridgehead atoms. The Balaban J connectivity index is 1.60. The number of hydrogen-bond acceptors (Lipinski definition) is 3. The van der Waals surface area contributed by atoms with Gasteiger partial charge in [-0.3, -0.25) is 9.89 Å². The molecule has 1 aliphatic heterocycles. The third-order valence-electron chi connectivity index (χ3n) is 5.74. The predicted octanol–water partition coefficient (Wildman–Crippen LogP) is 3.07. The molecule has 5 nitrogen and oxygen atoms in total. The maximum atomic E-state index is 9.79. The summed E-state index contributed by atoms with van der Waals surface area (Å²) in [5.74, 6) is 0.817. The fourth-order valence-corrected chi connectivity index (χ4v) is 3.95.